The molecule has 1 nitrogen and oxygen atoms in total. The van der Waals surface area contributed by atoms with Crippen LogP contribution in [0.2, 0.25) is 0 Å². The predicted octanol–water partition coefficient (Wildman–Crippen LogP) is 3.28. The number of fused-ring (bicyclic) bond motifs is 1. The quantitative estimate of drug-likeness (QED) is 0.648. The average molecular weight is 181 g/mol. The summed E-state index contributed by atoms with van der Waals surface area (Å²) in [6, 6.07) is 0. The third-order valence-electron chi connectivity index (χ3n) is 2.67. The van der Waals surface area contributed by atoms with Gasteiger partial charge >= 0.3 is 0 Å². The van der Waals surface area contributed by atoms with E-state index in [1.54, 1.807) is 4.88 Å². The number of hydrogen-bond donors (Lipinski definition) is 0. The van der Waals surface area contributed by atoms with Crippen LogP contribution in [0, 0.1) is 6.92 Å². The van der Waals surface area contributed by atoms with Gasteiger partial charge in [-0.2, -0.15) is 0 Å². The Labute approximate surface area is 77.8 Å². The fourth-order valence-electron chi connectivity index (χ4n) is 2.03. The van der Waals surface area contributed by atoms with Crippen molar-refractivity contribution in [2.24, 2.45) is 0 Å². The first-order chi connectivity index (χ1) is 5.81. The second kappa shape index (κ2) is 3.17. The summed E-state index contributed by atoms with van der Waals surface area (Å²) in [6.45, 7) is 4.39. The number of rotatable bonds is 1. The Hall–Kier alpha value is -0.370. The van der Waals surface area contributed by atoms with Crippen molar-refractivity contribution in [1.82, 2.24) is 4.98 Å². The molecule has 2 heteroatoms. The zero-order valence-electron chi connectivity index (χ0n) is 7.76. The Morgan fingerprint density at radius 2 is 2.42 bits per heavy atom. The molecule has 0 aromatic carbocycles. The summed E-state index contributed by atoms with van der Waals surface area (Å²) >= 11 is 1.90. The van der Waals surface area contributed by atoms with Gasteiger partial charge in [0, 0.05) is 10.8 Å². The van der Waals surface area contributed by atoms with Gasteiger partial charge in [-0.15, -0.1) is 11.3 Å². The van der Waals surface area contributed by atoms with Crippen molar-refractivity contribution in [3.8, 4) is 0 Å². The van der Waals surface area contributed by atoms with Crippen LogP contribution in [0.1, 0.15) is 47.7 Å². The molecule has 0 bridgehead atoms. The number of aryl methyl sites for hydroxylation is 2. The fraction of sp³-hybridized carbons (Fsp3) is 0.700. The third-order valence-corrected chi connectivity index (χ3v) is 3.72. The normalized spacial score (nSPS) is 22.3. The molecule has 0 N–H and O–H groups in total. The maximum absolute atomic E-state index is 4.62. The van der Waals surface area contributed by atoms with E-state index in [0.717, 1.165) is 5.92 Å². The summed E-state index contributed by atoms with van der Waals surface area (Å²) in [5.41, 5.74) is 1.42. The maximum atomic E-state index is 4.62. The van der Waals surface area contributed by atoms with Gasteiger partial charge in [0.1, 0.15) is 0 Å². The van der Waals surface area contributed by atoms with Gasteiger partial charge in [0.25, 0.3) is 0 Å². The molecule has 12 heavy (non-hydrogen) atoms. The Bertz CT molecular complexity index is 277. The van der Waals surface area contributed by atoms with Crippen molar-refractivity contribution >= 4 is 11.3 Å². The molecule has 0 aliphatic heterocycles. The minimum absolute atomic E-state index is 0.763. The first-order valence-electron chi connectivity index (χ1n) is 4.77. The molecule has 0 spiro atoms. The molecular formula is C10H15NS. The van der Waals surface area contributed by atoms with Gasteiger partial charge < -0.3 is 0 Å². The maximum Gasteiger partial charge on any atom is 0.0900 e. The first-order valence-corrected chi connectivity index (χ1v) is 5.59. The second-order valence-corrected chi connectivity index (χ2v) is 4.83. The minimum Gasteiger partial charge on any atom is -0.246 e. The van der Waals surface area contributed by atoms with E-state index in [4.69, 9.17) is 0 Å². The highest BCUT2D eigenvalue weighted by molar-refractivity contribution is 7.11. The fourth-order valence-corrected chi connectivity index (χ4v) is 3.09. The smallest absolute Gasteiger partial charge is 0.0900 e. The predicted molar refractivity (Wildman–Crippen MR) is 52.8 cm³/mol. The molecule has 0 radical (unpaired) electrons. The molecule has 0 saturated heterocycles. The highest BCUT2D eigenvalue weighted by Gasteiger charge is 2.21. The molecule has 0 fully saturated rings. The number of thiazole rings is 1. The summed E-state index contributed by atoms with van der Waals surface area (Å²) in [6.07, 6.45) is 5.26. The molecule has 1 aliphatic rings. The van der Waals surface area contributed by atoms with Crippen molar-refractivity contribution in [2.75, 3.05) is 0 Å². The molecular weight excluding hydrogens is 166 g/mol. The van der Waals surface area contributed by atoms with Crippen LogP contribution in [-0.4, -0.2) is 4.98 Å². The standard InChI is InChI=1S/C10H15NS/c1-3-8-5-4-6-9-10(8)11-7(2)12-9/h8H,3-6H2,1-2H3/t8-/m0/s1. The third kappa shape index (κ3) is 1.28. The number of nitrogens with zero attached hydrogens (tertiary/aromatic N) is 1. The molecule has 1 aliphatic carbocycles. The van der Waals surface area contributed by atoms with Crippen LogP contribution in [0.4, 0.5) is 0 Å². The Morgan fingerprint density at radius 3 is 3.17 bits per heavy atom. The lowest BCUT2D eigenvalue weighted by Crippen LogP contribution is -2.07. The van der Waals surface area contributed by atoms with Gasteiger partial charge in [-0.3, -0.25) is 0 Å². The summed E-state index contributed by atoms with van der Waals surface area (Å²) in [7, 11) is 0. The molecule has 66 valence electrons. The van der Waals surface area contributed by atoms with Gasteiger partial charge in [0.2, 0.25) is 0 Å². The van der Waals surface area contributed by atoms with Crippen molar-refractivity contribution in [2.45, 2.75) is 45.4 Å². The van der Waals surface area contributed by atoms with Gasteiger partial charge in [-0.1, -0.05) is 6.92 Å². The number of aromatic nitrogens is 1. The van der Waals surface area contributed by atoms with E-state index in [0.29, 0.717) is 0 Å². The summed E-state index contributed by atoms with van der Waals surface area (Å²) < 4.78 is 0. The van der Waals surface area contributed by atoms with Crippen LogP contribution in [-0.2, 0) is 6.42 Å². The van der Waals surface area contributed by atoms with E-state index in [9.17, 15) is 0 Å². The Kier molecular flexibility index (Phi) is 2.18. The van der Waals surface area contributed by atoms with Crippen LogP contribution in [0.5, 0.6) is 0 Å². The lowest BCUT2D eigenvalue weighted by molar-refractivity contribution is 0.532. The van der Waals surface area contributed by atoms with Gasteiger partial charge in [0.15, 0.2) is 0 Å². The number of hydrogen-bond acceptors (Lipinski definition) is 2. The molecule has 1 atom stereocenters. The van der Waals surface area contributed by atoms with E-state index in [-0.39, 0.29) is 0 Å². The summed E-state index contributed by atoms with van der Waals surface area (Å²) in [5.74, 6) is 0.763. The SMILES string of the molecule is CC[C@H]1CCCc2sc(C)nc21. The van der Waals surface area contributed by atoms with E-state index in [1.807, 2.05) is 11.3 Å². The van der Waals surface area contributed by atoms with Crippen LogP contribution in [0.3, 0.4) is 0 Å². The Morgan fingerprint density at radius 1 is 1.58 bits per heavy atom. The molecule has 0 saturated carbocycles. The lowest BCUT2D eigenvalue weighted by Gasteiger charge is -2.18. The molecule has 0 amide bonds. The van der Waals surface area contributed by atoms with E-state index in [1.165, 1.54) is 36.4 Å². The van der Waals surface area contributed by atoms with Gasteiger partial charge in [-0.05, 0) is 32.6 Å². The lowest BCUT2D eigenvalue weighted by atomic mass is 9.89. The van der Waals surface area contributed by atoms with Crippen LogP contribution in [0.25, 0.3) is 0 Å². The summed E-state index contributed by atoms with van der Waals surface area (Å²) in [5, 5.41) is 1.25. The zero-order chi connectivity index (χ0) is 8.55. The summed E-state index contributed by atoms with van der Waals surface area (Å²) in [4.78, 5) is 6.18. The monoisotopic (exact) mass is 181 g/mol. The van der Waals surface area contributed by atoms with Crippen molar-refractivity contribution < 1.29 is 0 Å². The minimum atomic E-state index is 0.763. The molecule has 2 rings (SSSR count). The van der Waals surface area contributed by atoms with Crippen LogP contribution >= 0.6 is 11.3 Å². The van der Waals surface area contributed by atoms with Crippen LogP contribution < -0.4 is 0 Å². The van der Waals surface area contributed by atoms with Crippen molar-refractivity contribution in [1.29, 1.82) is 0 Å². The van der Waals surface area contributed by atoms with Gasteiger partial charge in [0.05, 0.1) is 10.7 Å². The molecule has 1 aromatic rings. The van der Waals surface area contributed by atoms with Crippen LogP contribution in [0.15, 0.2) is 0 Å². The Balaban J connectivity index is 2.36. The topological polar surface area (TPSA) is 12.9 Å². The molecule has 1 heterocycles. The average Bonchev–Trinajstić information content (AvgIpc) is 2.44. The highest BCUT2D eigenvalue weighted by atomic mass is 32.1. The van der Waals surface area contributed by atoms with E-state index < -0.39 is 0 Å². The van der Waals surface area contributed by atoms with E-state index in [2.05, 4.69) is 18.8 Å². The first kappa shape index (κ1) is 8.24. The highest BCUT2D eigenvalue weighted by Crippen LogP contribution is 2.35. The van der Waals surface area contributed by atoms with Crippen molar-refractivity contribution in [3.63, 3.8) is 0 Å². The van der Waals surface area contributed by atoms with Crippen molar-refractivity contribution in [3.05, 3.63) is 15.6 Å². The largest absolute Gasteiger partial charge is 0.246 e. The molecule has 0 unspecified atom stereocenters. The van der Waals surface area contributed by atoms with Gasteiger partial charge in [-0.25, -0.2) is 4.98 Å². The second-order valence-electron chi connectivity index (χ2n) is 3.54. The van der Waals surface area contributed by atoms with E-state index >= 15 is 0 Å². The zero-order valence-corrected chi connectivity index (χ0v) is 8.58. The molecule has 1 aromatic heterocycles.